The minimum atomic E-state index is -0.352. The standard InChI is InChI=1S/C12H14FNO2/c1-16-11-5-2-9(13)6-8(11)7-12(15)14-10-3-4-10/h2,5-6,10H,3-4,7H2,1H3,(H,14,15). The lowest BCUT2D eigenvalue weighted by molar-refractivity contribution is -0.120. The highest BCUT2D eigenvalue weighted by molar-refractivity contribution is 5.79. The first kappa shape index (κ1) is 10.9. The predicted octanol–water partition coefficient (Wildman–Crippen LogP) is 1.66. The van der Waals surface area contributed by atoms with Gasteiger partial charge in [-0.25, -0.2) is 4.39 Å². The van der Waals surface area contributed by atoms with Crippen LogP contribution in [0.5, 0.6) is 5.75 Å². The summed E-state index contributed by atoms with van der Waals surface area (Å²) in [4.78, 5) is 11.6. The molecule has 3 nitrogen and oxygen atoms in total. The molecule has 0 spiro atoms. The smallest absolute Gasteiger partial charge is 0.224 e. The van der Waals surface area contributed by atoms with Crippen LogP contribution in [-0.2, 0) is 11.2 Å². The Morgan fingerprint density at radius 3 is 2.94 bits per heavy atom. The lowest BCUT2D eigenvalue weighted by atomic mass is 10.1. The van der Waals surface area contributed by atoms with Crippen LogP contribution in [0.3, 0.4) is 0 Å². The molecule has 1 aromatic rings. The van der Waals surface area contributed by atoms with Crippen LogP contribution in [-0.4, -0.2) is 19.1 Å². The van der Waals surface area contributed by atoms with Gasteiger partial charge >= 0.3 is 0 Å². The van der Waals surface area contributed by atoms with E-state index in [1.54, 1.807) is 0 Å². The maximum Gasteiger partial charge on any atom is 0.224 e. The second-order valence-electron chi connectivity index (χ2n) is 3.97. The van der Waals surface area contributed by atoms with Crippen molar-refractivity contribution in [3.05, 3.63) is 29.6 Å². The topological polar surface area (TPSA) is 38.3 Å². The Morgan fingerprint density at radius 1 is 1.56 bits per heavy atom. The number of ether oxygens (including phenoxy) is 1. The molecule has 0 unspecified atom stereocenters. The number of rotatable bonds is 4. The Morgan fingerprint density at radius 2 is 2.31 bits per heavy atom. The molecule has 1 N–H and O–H groups in total. The Bertz CT molecular complexity index is 402. The van der Waals surface area contributed by atoms with Crippen molar-refractivity contribution in [1.82, 2.24) is 5.32 Å². The second-order valence-corrected chi connectivity index (χ2v) is 3.97. The molecule has 0 aliphatic heterocycles. The monoisotopic (exact) mass is 223 g/mol. The molecule has 1 fully saturated rings. The molecule has 2 rings (SSSR count). The number of nitrogens with one attached hydrogen (secondary N) is 1. The maximum atomic E-state index is 13.0. The van der Waals surface area contributed by atoms with Crippen LogP contribution >= 0.6 is 0 Å². The van der Waals surface area contributed by atoms with E-state index in [0.717, 1.165) is 12.8 Å². The summed E-state index contributed by atoms with van der Waals surface area (Å²) in [5, 5.41) is 2.86. The van der Waals surface area contributed by atoms with Crippen LogP contribution in [0.4, 0.5) is 4.39 Å². The zero-order valence-corrected chi connectivity index (χ0v) is 9.13. The SMILES string of the molecule is COc1ccc(F)cc1CC(=O)NC1CC1. The number of hydrogen-bond acceptors (Lipinski definition) is 2. The Hall–Kier alpha value is -1.58. The average Bonchev–Trinajstić information content (AvgIpc) is 3.02. The van der Waals surface area contributed by atoms with Crippen molar-refractivity contribution in [3.63, 3.8) is 0 Å². The molecular formula is C12H14FNO2. The molecule has 4 heteroatoms. The summed E-state index contributed by atoms with van der Waals surface area (Å²) in [6, 6.07) is 4.52. The summed E-state index contributed by atoms with van der Waals surface area (Å²) < 4.78 is 18.1. The fraction of sp³-hybridized carbons (Fsp3) is 0.417. The van der Waals surface area contributed by atoms with E-state index >= 15 is 0 Å². The maximum absolute atomic E-state index is 13.0. The van der Waals surface area contributed by atoms with Crippen molar-refractivity contribution >= 4 is 5.91 Å². The van der Waals surface area contributed by atoms with E-state index in [-0.39, 0.29) is 18.1 Å². The minimum absolute atomic E-state index is 0.0774. The van der Waals surface area contributed by atoms with Gasteiger partial charge in [-0.1, -0.05) is 0 Å². The molecule has 86 valence electrons. The molecule has 1 aliphatic rings. The molecule has 0 radical (unpaired) electrons. The van der Waals surface area contributed by atoms with Gasteiger partial charge in [-0.2, -0.15) is 0 Å². The van der Waals surface area contributed by atoms with Gasteiger partial charge in [0.1, 0.15) is 11.6 Å². The van der Waals surface area contributed by atoms with Gasteiger partial charge in [0.15, 0.2) is 0 Å². The van der Waals surface area contributed by atoms with Crippen molar-refractivity contribution in [3.8, 4) is 5.75 Å². The van der Waals surface area contributed by atoms with E-state index in [4.69, 9.17) is 4.74 Å². The third-order valence-corrected chi connectivity index (χ3v) is 2.54. The Balaban J connectivity index is 2.05. The van der Waals surface area contributed by atoms with Crippen molar-refractivity contribution in [2.75, 3.05) is 7.11 Å². The summed E-state index contributed by atoms with van der Waals surface area (Å²) in [6.45, 7) is 0. The Kier molecular flexibility index (Phi) is 3.08. The molecule has 0 bridgehead atoms. The lowest BCUT2D eigenvalue weighted by Crippen LogP contribution is -2.27. The van der Waals surface area contributed by atoms with Crippen molar-refractivity contribution in [2.24, 2.45) is 0 Å². The first-order valence-corrected chi connectivity index (χ1v) is 5.31. The molecule has 1 aliphatic carbocycles. The highest BCUT2D eigenvalue weighted by Gasteiger charge is 2.23. The number of halogens is 1. The number of carbonyl (C=O) groups excluding carboxylic acids is 1. The number of methoxy groups -OCH3 is 1. The molecule has 1 amide bonds. The van der Waals surface area contributed by atoms with Crippen molar-refractivity contribution in [1.29, 1.82) is 0 Å². The van der Waals surface area contributed by atoms with E-state index < -0.39 is 0 Å². The highest BCUT2D eigenvalue weighted by atomic mass is 19.1. The number of amides is 1. The fourth-order valence-electron chi connectivity index (χ4n) is 1.56. The summed E-state index contributed by atoms with van der Waals surface area (Å²) in [5.74, 6) is 0.119. The number of hydrogen-bond donors (Lipinski definition) is 1. The van der Waals surface area contributed by atoms with Gasteiger partial charge in [0, 0.05) is 11.6 Å². The molecule has 1 aromatic carbocycles. The average molecular weight is 223 g/mol. The van der Waals surface area contributed by atoms with Crippen LogP contribution in [0.15, 0.2) is 18.2 Å². The van der Waals surface area contributed by atoms with Crippen LogP contribution in [0, 0.1) is 5.82 Å². The third-order valence-electron chi connectivity index (χ3n) is 2.54. The quantitative estimate of drug-likeness (QED) is 0.843. The first-order chi connectivity index (χ1) is 7.69. The van der Waals surface area contributed by atoms with Gasteiger partial charge < -0.3 is 10.1 Å². The van der Waals surface area contributed by atoms with Gasteiger partial charge in [-0.15, -0.1) is 0 Å². The molecule has 0 aromatic heterocycles. The van der Waals surface area contributed by atoms with Gasteiger partial charge in [0.2, 0.25) is 5.91 Å². The number of carbonyl (C=O) groups is 1. The van der Waals surface area contributed by atoms with Crippen molar-refractivity contribution in [2.45, 2.75) is 25.3 Å². The zero-order valence-electron chi connectivity index (χ0n) is 9.13. The Labute approximate surface area is 93.6 Å². The highest BCUT2D eigenvalue weighted by Crippen LogP contribution is 2.22. The predicted molar refractivity (Wildman–Crippen MR) is 57.8 cm³/mol. The summed E-state index contributed by atoms with van der Waals surface area (Å²) in [5.41, 5.74) is 0.584. The molecule has 16 heavy (non-hydrogen) atoms. The van der Waals surface area contributed by atoms with E-state index in [9.17, 15) is 9.18 Å². The van der Waals surface area contributed by atoms with Crippen molar-refractivity contribution < 1.29 is 13.9 Å². The fourth-order valence-corrected chi connectivity index (χ4v) is 1.56. The van der Waals surface area contributed by atoms with E-state index in [0.29, 0.717) is 17.4 Å². The second kappa shape index (κ2) is 4.51. The van der Waals surface area contributed by atoms with Crippen LogP contribution in [0.1, 0.15) is 18.4 Å². The number of benzene rings is 1. The van der Waals surface area contributed by atoms with E-state index in [1.807, 2.05) is 0 Å². The van der Waals surface area contributed by atoms with Crippen LogP contribution in [0.25, 0.3) is 0 Å². The van der Waals surface area contributed by atoms with Gasteiger partial charge in [-0.3, -0.25) is 4.79 Å². The van der Waals surface area contributed by atoms with E-state index in [2.05, 4.69) is 5.32 Å². The van der Waals surface area contributed by atoms with Gasteiger partial charge in [0.05, 0.1) is 13.5 Å². The molecule has 0 saturated heterocycles. The molecule has 1 saturated carbocycles. The molecular weight excluding hydrogens is 209 g/mol. The largest absolute Gasteiger partial charge is 0.496 e. The van der Waals surface area contributed by atoms with Gasteiger partial charge in [0.25, 0.3) is 0 Å². The van der Waals surface area contributed by atoms with E-state index in [1.165, 1.54) is 25.3 Å². The molecule has 0 heterocycles. The summed E-state index contributed by atoms with van der Waals surface area (Å²) in [6.07, 6.45) is 2.26. The van der Waals surface area contributed by atoms with Crippen LogP contribution < -0.4 is 10.1 Å². The third kappa shape index (κ3) is 2.72. The normalized spacial score (nSPS) is 14.6. The summed E-state index contributed by atoms with van der Waals surface area (Å²) >= 11 is 0. The van der Waals surface area contributed by atoms with Crippen LogP contribution in [0.2, 0.25) is 0 Å². The van der Waals surface area contributed by atoms with Gasteiger partial charge in [-0.05, 0) is 31.0 Å². The minimum Gasteiger partial charge on any atom is -0.496 e. The molecule has 0 atom stereocenters. The first-order valence-electron chi connectivity index (χ1n) is 5.31. The zero-order chi connectivity index (χ0) is 11.5. The summed E-state index contributed by atoms with van der Waals surface area (Å²) in [7, 11) is 1.51. The lowest BCUT2D eigenvalue weighted by Gasteiger charge is -2.08.